The predicted octanol–water partition coefficient (Wildman–Crippen LogP) is 7.08. The van der Waals surface area contributed by atoms with E-state index in [0.717, 1.165) is 31.4 Å². The third kappa shape index (κ3) is 5.20. The second kappa shape index (κ2) is 10.5. The highest BCUT2D eigenvalue weighted by atomic mass is 16.6. The van der Waals surface area contributed by atoms with Gasteiger partial charge in [-0.15, -0.1) is 0 Å². The molecular formula is C32H29BNO3+. The van der Waals surface area contributed by atoms with Crippen molar-refractivity contribution in [3.8, 4) is 5.75 Å². The van der Waals surface area contributed by atoms with Crippen molar-refractivity contribution in [2.75, 3.05) is 14.1 Å². The molecule has 0 bridgehead atoms. The van der Waals surface area contributed by atoms with Gasteiger partial charge in [-0.25, -0.2) is 0 Å². The molecule has 0 fully saturated rings. The molecule has 2 N–H and O–H groups in total. The summed E-state index contributed by atoms with van der Waals surface area (Å²) in [4.78, 5) is 0. The van der Waals surface area contributed by atoms with Crippen molar-refractivity contribution in [2.24, 2.45) is 0 Å². The van der Waals surface area contributed by atoms with Gasteiger partial charge >= 0.3 is 7.32 Å². The number of quaternary nitrogens is 1. The van der Waals surface area contributed by atoms with Gasteiger partial charge in [0.05, 0.1) is 14.1 Å². The Morgan fingerprint density at radius 1 is 0.541 bits per heavy atom. The van der Waals surface area contributed by atoms with Crippen molar-refractivity contribution in [2.45, 2.75) is 0 Å². The Bertz CT molecular complexity index is 1610. The number of hydrogen-bond acceptors (Lipinski definition) is 3. The summed E-state index contributed by atoms with van der Waals surface area (Å²) in [6, 6.07) is 43.2. The van der Waals surface area contributed by atoms with Crippen molar-refractivity contribution < 1.29 is 14.7 Å². The van der Waals surface area contributed by atoms with Crippen LogP contribution in [0.1, 0.15) is 0 Å². The maximum absolute atomic E-state index is 9.14. The molecule has 0 saturated carbocycles. The summed E-state index contributed by atoms with van der Waals surface area (Å²) in [7, 11) is 2.57. The van der Waals surface area contributed by atoms with Crippen LogP contribution in [0.4, 0.5) is 11.4 Å². The Morgan fingerprint density at radius 2 is 1.05 bits per heavy atom. The predicted molar refractivity (Wildman–Crippen MR) is 156 cm³/mol. The smallest absolute Gasteiger partial charge is 0.511 e. The average molecular weight is 486 g/mol. The molecule has 0 unspecified atom stereocenters. The molecule has 0 amide bonds. The van der Waals surface area contributed by atoms with Gasteiger partial charge in [0.15, 0.2) is 0 Å². The second-order valence-corrected chi connectivity index (χ2v) is 9.41. The summed E-state index contributed by atoms with van der Waals surface area (Å²) in [6.45, 7) is 0. The first-order valence-electron chi connectivity index (χ1n) is 12.3. The molecule has 4 nitrogen and oxygen atoms in total. The van der Waals surface area contributed by atoms with Crippen LogP contribution < -0.4 is 9.14 Å². The monoisotopic (exact) mass is 486 g/mol. The van der Waals surface area contributed by atoms with Crippen molar-refractivity contribution in [1.82, 2.24) is 4.48 Å². The summed E-state index contributed by atoms with van der Waals surface area (Å²) in [5.74, 6) is 0.466. The molecule has 5 heteroatoms. The fraction of sp³-hybridized carbons (Fsp3) is 0.0625. The fourth-order valence-corrected chi connectivity index (χ4v) is 4.73. The van der Waals surface area contributed by atoms with Crippen molar-refractivity contribution in [1.29, 1.82) is 0 Å². The van der Waals surface area contributed by atoms with Crippen molar-refractivity contribution >= 4 is 51.0 Å². The minimum absolute atomic E-state index is 0.466. The molecule has 0 spiro atoms. The number of para-hydroxylation sites is 2. The van der Waals surface area contributed by atoms with E-state index in [1.165, 1.54) is 16.8 Å². The van der Waals surface area contributed by atoms with Gasteiger partial charge in [0.25, 0.3) is 0 Å². The zero-order chi connectivity index (χ0) is 25.8. The maximum Gasteiger partial charge on any atom is 0.707 e. The van der Waals surface area contributed by atoms with Crippen LogP contribution in [0, 0.1) is 0 Å². The number of rotatable bonds is 4. The standard InChI is InChI=1S/C18H13BO3.C14H16N/c20-19(21)22-17-7-3-6-12-8-9-15-10-13-4-1-2-5-14(13)11-16(15)18(12)17;1-15(2,13-9-5-3-6-10-13)14-11-7-4-8-12-14/h1-11,20-21H;3-12H,1-2H3/q;+1. The molecule has 37 heavy (non-hydrogen) atoms. The number of hydrogen-bond donors (Lipinski definition) is 2. The Labute approximate surface area is 217 Å². The summed E-state index contributed by atoms with van der Waals surface area (Å²) in [5.41, 5.74) is 2.59. The maximum atomic E-state index is 9.14. The molecule has 0 aliphatic rings. The average Bonchev–Trinajstić information content (AvgIpc) is 2.93. The van der Waals surface area contributed by atoms with Crippen LogP contribution in [0.15, 0.2) is 127 Å². The normalized spacial score (nSPS) is 11.2. The zero-order valence-corrected chi connectivity index (χ0v) is 21.0. The SMILES string of the molecule is C[N+](C)(c1ccccc1)c1ccccc1.OB(O)Oc1cccc2ccc3cc4ccccc4cc3c12. The quantitative estimate of drug-likeness (QED) is 0.121. The zero-order valence-electron chi connectivity index (χ0n) is 21.0. The largest absolute Gasteiger partial charge is 0.707 e. The summed E-state index contributed by atoms with van der Waals surface area (Å²) >= 11 is 0. The highest BCUT2D eigenvalue weighted by molar-refractivity contribution is 6.34. The molecule has 0 atom stereocenters. The second-order valence-electron chi connectivity index (χ2n) is 9.41. The molecule has 6 aromatic rings. The molecular weight excluding hydrogens is 457 g/mol. The molecule has 0 aliphatic heterocycles. The highest BCUT2D eigenvalue weighted by Gasteiger charge is 2.21. The molecule has 0 heterocycles. The van der Waals surface area contributed by atoms with E-state index in [4.69, 9.17) is 14.7 Å². The lowest BCUT2D eigenvalue weighted by Crippen LogP contribution is -2.33. The Balaban J connectivity index is 0.000000164. The van der Waals surface area contributed by atoms with Crippen LogP contribution in [-0.2, 0) is 0 Å². The van der Waals surface area contributed by atoms with E-state index >= 15 is 0 Å². The van der Waals surface area contributed by atoms with Gasteiger partial charge in [0.1, 0.15) is 17.1 Å². The summed E-state index contributed by atoms with van der Waals surface area (Å²) in [6.07, 6.45) is 0. The van der Waals surface area contributed by atoms with Crippen LogP contribution in [-0.4, -0.2) is 31.5 Å². The Kier molecular flexibility index (Phi) is 6.93. The third-order valence-electron chi connectivity index (χ3n) is 6.72. The highest BCUT2D eigenvalue weighted by Crippen LogP contribution is 2.35. The molecule has 0 aromatic heterocycles. The van der Waals surface area contributed by atoms with Gasteiger partial charge in [-0.3, -0.25) is 4.48 Å². The van der Waals surface area contributed by atoms with Gasteiger partial charge in [-0.2, -0.15) is 0 Å². The van der Waals surface area contributed by atoms with Crippen molar-refractivity contribution in [3.63, 3.8) is 0 Å². The molecule has 6 rings (SSSR count). The van der Waals surface area contributed by atoms with Crippen LogP contribution in [0.5, 0.6) is 5.75 Å². The first-order valence-corrected chi connectivity index (χ1v) is 12.3. The lowest BCUT2D eigenvalue weighted by Gasteiger charge is -2.28. The minimum atomic E-state index is -1.83. The van der Waals surface area contributed by atoms with Crippen molar-refractivity contribution in [3.05, 3.63) is 127 Å². The molecule has 0 saturated heterocycles. The third-order valence-corrected chi connectivity index (χ3v) is 6.72. The minimum Gasteiger partial charge on any atom is -0.511 e. The Hall–Kier alpha value is -4.16. The summed E-state index contributed by atoms with van der Waals surface area (Å²) < 4.78 is 5.94. The van der Waals surface area contributed by atoms with Crippen LogP contribution in [0.2, 0.25) is 0 Å². The first kappa shape index (κ1) is 24.5. The van der Waals surface area contributed by atoms with E-state index in [9.17, 15) is 0 Å². The van der Waals surface area contributed by atoms with E-state index in [1.54, 1.807) is 6.07 Å². The van der Waals surface area contributed by atoms with E-state index in [0.29, 0.717) is 5.75 Å². The van der Waals surface area contributed by atoms with E-state index in [1.807, 2.05) is 30.3 Å². The first-order chi connectivity index (χ1) is 17.9. The molecule has 6 aromatic carbocycles. The van der Waals surface area contributed by atoms with E-state index in [-0.39, 0.29) is 0 Å². The number of benzene rings is 6. The van der Waals surface area contributed by atoms with Gasteiger partial charge in [-0.05, 0) is 69.4 Å². The van der Waals surface area contributed by atoms with E-state index in [2.05, 4.69) is 105 Å². The summed E-state index contributed by atoms with van der Waals surface area (Å²) in [5, 5.41) is 24.6. The fourth-order valence-electron chi connectivity index (χ4n) is 4.73. The van der Waals surface area contributed by atoms with E-state index < -0.39 is 7.32 Å². The van der Waals surface area contributed by atoms with Crippen LogP contribution in [0.3, 0.4) is 0 Å². The number of fused-ring (bicyclic) bond motifs is 4. The number of nitrogens with zero attached hydrogens (tertiary/aromatic N) is 1. The lowest BCUT2D eigenvalue weighted by molar-refractivity contribution is 0.289. The topological polar surface area (TPSA) is 49.7 Å². The Morgan fingerprint density at radius 3 is 1.65 bits per heavy atom. The van der Waals surface area contributed by atoms with Crippen LogP contribution in [0.25, 0.3) is 32.3 Å². The molecule has 182 valence electrons. The van der Waals surface area contributed by atoms with Gasteiger partial charge in [-0.1, -0.05) is 84.9 Å². The molecule has 0 aliphatic carbocycles. The van der Waals surface area contributed by atoms with Crippen LogP contribution >= 0.6 is 0 Å². The van der Waals surface area contributed by atoms with Gasteiger partial charge < -0.3 is 14.7 Å². The lowest BCUT2D eigenvalue weighted by atomic mass is 9.97. The molecule has 0 radical (unpaired) electrons. The van der Waals surface area contributed by atoms with Gasteiger partial charge in [0.2, 0.25) is 0 Å². The van der Waals surface area contributed by atoms with Gasteiger partial charge in [0, 0.05) is 5.39 Å².